The van der Waals surface area contributed by atoms with Gasteiger partial charge in [0.15, 0.2) is 5.13 Å². The smallest absolute Gasteiger partial charge is 0.226 e. The zero-order chi connectivity index (χ0) is 24.1. The van der Waals surface area contributed by atoms with Crippen molar-refractivity contribution in [1.29, 1.82) is 5.26 Å². The molecule has 0 aliphatic heterocycles. The Kier molecular flexibility index (Phi) is 5.94. The molecule has 6 nitrogen and oxygen atoms in total. The second-order valence-corrected chi connectivity index (χ2v) is 12.1. The van der Waals surface area contributed by atoms with Gasteiger partial charge in [0, 0.05) is 22.9 Å². The molecule has 7 heteroatoms. The van der Waals surface area contributed by atoms with Crippen molar-refractivity contribution in [2.24, 2.45) is 23.2 Å². The van der Waals surface area contributed by atoms with Gasteiger partial charge in [-0.15, -0.1) is 11.3 Å². The first-order valence-corrected chi connectivity index (χ1v) is 13.2. The van der Waals surface area contributed by atoms with E-state index in [-0.39, 0.29) is 29.6 Å². The summed E-state index contributed by atoms with van der Waals surface area (Å²) in [5.41, 5.74) is 1.23. The molecule has 2 aromatic rings. The predicted octanol–water partition coefficient (Wildman–Crippen LogP) is 5.30. The highest BCUT2D eigenvalue weighted by molar-refractivity contribution is 7.15. The number of nitrogens with one attached hydrogen (secondary N) is 1. The maximum Gasteiger partial charge on any atom is 0.226 e. The van der Waals surface area contributed by atoms with Crippen molar-refractivity contribution in [1.82, 2.24) is 4.98 Å². The highest BCUT2D eigenvalue weighted by atomic mass is 32.1. The fourth-order valence-corrected chi connectivity index (χ4v) is 8.30. The fraction of sp³-hybridized carbons (Fsp3) is 0.593. The number of aromatic hydroxyl groups is 1. The van der Waals surface area contributed by atoms with E-state index in [0.29, 0.717) is 42.0 Å². The highest BCUT2D eigenvalue weighted by Crippen LogP contribution is 2.67. The minimum absolute atomic E-state index is 0.0383. The molecule has 1 aromatic carbocycles. The third kappa shape index (κ3) is 3.81. The number of phenols is 1. The molecule has 180 valence electrons. The third-order valence-electron chi connectivity index (χ3n) is 9.11. The summed E-state index contributed by atoms with van der Waals surface area (Å²) in [6, 6.07) is 8.04. The van der Waals surface area contributed by atoms with Crippen molar-refractivity contribution < 1.29 is 15.0 Å². The first kappa shape index (κ1) is 23.3. The molecule has 0 radical (unpaired) electrons. The molecule has 1 amide bonds. The number of hydrogen-bond acceptors (Lipinski definition) is 6. The molecular weight excluding hydrogens is 446 g/mol. The summed E-state index contributed by atoms with van der Waals surface area (Å²) in [7, 11) is 0. The number of phenolic OH excluding ortho intramolecular Hbond substituents is 1. The average Bonchev–Trinajstić information content (AvgIpc) is 3.30. The molecule has 5 rings (SSSR count). The van der Waals surface area contributed by atoms with E-state index >= 15 is 0 Å². The van der Waals surface area contributed by atoms with Crippen LogP contribution in [0.15, 0.2) is 24.4 Å². The number of aryl methyl sites for hydroxylation is 2. The van der Waals surface area contributed by atoms with Crippen LogP contribution in [0.4, 0.5) is 5.13 Å². The molecule has 1 aromatic heterocycles. The highest BCUT2D eigenvalue weighted by Gasteiger charge is 2.64. The van der Waals surface area contributed by atoms with Crippen LogP contribution in [0, 0.1) is 41.4 Å². The van der Waals surface area contributed by atoms with Gasteiger partial charge in [-0.25, -0.2) is 4.98 Å². The number of thiazole rings is 1. The molecule has 3 unspecified atom stereocenters. The van der Waals surface area contributed by atoms with Gasteiger partial charge >= 0.3 is 0 Å². The van der Waals surface area contributed by atoms with Gasteiger partial charge in [-0.1, -0.05) is 13.0 Å². The van der Waals surface area contributed by atoms with Crippen LogP contribution in [0.1, 0.15) is 73.8 Å². The predicted molar refractivity (Wildman–Crippen MR) is 131 cm³/mol. The summed E-state index contributed by atoms with van der Waals surface area (Å²) in [4.78, 5) is 18.0. The van der Waals surface area contributed by atoms with Crippen LogP contribution in [0.5, 0.6) is 5.75 Å². The second-order valence-electron chi connectivity index (χ2n) is 10.9. The number of aromatic nitrogens is 1. The zero-order valence-electron chi connectivity index (χ0n) is 19.9. The van der Waals surface area contributed by atoms with Crippen molar-refractivity contribution in [3.05, 3.63) is 40.4 Å². The normalized spacial score (nSPS) is 33.9. The van der Waals surface area contributed by atoms with Gasteiger partial charge in [0.2, 0.25) is 5.91 Å². The van der Waals surface area contributed by atoms with E-state index in [2.05, 4.69) is 29.4 Å². The van der Waals surface area contributed by atoms with Crippen molar-refractivity contribution in [2.45, 2.75) is 76.7 Å². The lowest BCUT2D eigenvalue weighted by atomic mass is 9.52. The van der Waals surface area contributed by atoms with Crippen LogP contribution in [-0.2, 0) is 11.2 Å². The Morgan fingerprint density at radius 2 is 2.21 bits per heavy atom. The maximum atomic E-state index is 12.7. The minimum Gasteiger partial charge on any atom is -0.508 e. The topological polar surface area (TPSA) is 106 Å². The molecule has 6 atom stereocenters. The number of carbonyl (C=O) groups is 1. The van der Waals surface area contributed by atoms with Gasteiger partial charge in [-0.3, -0.25) is 4.79 Å². The SMILES string of the molecule is Cc1cnc(NC(=O)CC[C@@H]2C[C@](O)(CC#N)[C@@]3(C)CCC4c5ccc(O)cc5CCC4C23)s1. The number of benzene rings is 1. The van der Waals surface area contributed by atoms with E-state index in [1.54, 1.807) is 12.3 Å². The quantitative estimate of drug-likeness (QED) is 0.539. The van der Waals surface area contributed by atoms with E-state index in [1.807, 2.05) is 13.0 Å². The van der Waals surface area contributed by atoms with Crippen LogP contribution < -0.4 is 5.32 Å². The molecular formula is C27H33N3O3S. The molecule has 3 aliphatic rings. The summed E-state index contributed by atoms with van der Waals surface area (Å²) in [5, 5.41) is 34.8. The summed E-state index contributed by atoms with van der Waals surface area (Å²) in [6.07, 6.45) is 7.37. The number of anilines is 1. The minimum atomic E-state index is -1.01. The molecule has 0 saturated heterocycles. The van der Waals surface area contributed by atoms with Gasteiger partial charge in [-0.2, -0.15) is 5.26 Å². The van der Waals surface area contributed by atoms with Crippen LogP contribution in [0.3, 0.4) is 0 Å². The summed E-state index contributed by atoms with van der Waals surface area (Å²) >= 11 is 1.47. The Labute approximate surface area is 205 Å². The molecule has 3 N–H and O–H groups in total. The largest absolute Gasteiger partial charge is 0.508 e. The lowest BCUT2D eigenvalue weighted by Crippen LogP contribution is -2.51. The summed E-state index contributed by atoms with van der Waals surface area (Å²) < 4.78 is 0. The second kappa shape index (κ2) is 8.66. The Hall–Kier alpha value is -2.43. The number of hydrogen-bond donors (Lipinski definition) is 3. The standard InChI is InChI=1S/C27H33N3O3S/c1-16-15-29-25(34-16)30-23(32)8-4-18-14-27(33,11-12-28)26(2)10-9-21-20-7-5-19(31)13-17(20)3-6-22(21)24(18)26/h5,7,13,15,18,21-22,24,31,33H,3-4,6,8-11,14H2,1-2H3,(H,29,30,32)/t18-,21?,22?,24?,26+,27-/m1/s1. The number of fused-ring (bicyclic) bond motifs is 5. The Morgan fingerprint density at radius 3 is 2.94 bits per heavy atom. The number of aliphatic hydroxyl groups is 1. The van der Waals surface area contributed by atoms with Crippen molar-refractivity contribution in [3.8, 4) is 11.8 Å². The van der Waals surface area contributed by atoms with Gasteiger partial charge in [0.1, 0.15) is 5.75 Å². The van der Waals surface area contributed by atoms with Crippen LogP contribution >= 0.6 is 11.3 Å². The number of rotatable bonds is 5. The lowest BCUT2D eigenvalue weighted by molar-refractivity contribution is -0.116. The van der Waals surface area contributed by atoms with Gasteiger partial charge < -0.3 is 15.5 Å². The fourth-order valence-electron chi connectivity index (χ4n) is 7.62. The van der Waals surface area contributed by atoms with Crippen LogP contribution in [0.2, 0.25) is 0 Å². The Balaban J connectivity index is 1.40. The molecule has 0 bridgehead atoms. The zero-order valence-corrected chi connectivity index (χ0v) is 20.7. The summed E-state index contributed by atoms with van der Waals surface area (Å²) in [6.45, 7) is 4.15. The molecule has 2 fully saturated rings. The number of amides is 1. The molecule has 34 heavy (non-hydrogen) atoms. The number of nitrogens with zero attached hydrogens (tertiary/aromatic N) is 2. The Morgan fingerprint density at radius 1 is 1.38 bits per heavy atom. The van der Waals surface area contributed by atoms with Gasteiger partial charge in [-0.05, 0) is 92.4 Å². The Bertz CT molecular complexity index is 1140. The van der Waals surface area contributed by atoms with Crippen molar-refractivity contribution in [2.75, 3.05) is 5.32 Å². The molecule has 2 saturated carbocycles. The lowest BCUT2D eigenvalue weighted by Gasteiger charge is -2.53. The third-order valence-corrected chi connectivity index (χ3v) is 9.94. The number of nitriles is 1. The van der Waals surface area contributed by atoms with Gasteiger partial charge in [0.25, 0.3) is 0 Å². The van der Waals surface area contributed by atoms with E-state index in [9.17, 15) is 20.3 Å². The van der Waals surface area contributed by atoms with Crippen molar-refractivity contribution >= 4 is 22.4 Å². The maximum absolute atomic E-state index is 12.7. The first-order valence-electron chi connectivity index (χ1n) is 12.4. The number of carbonyl (C=O) groups excluding carboxylic acids is 1. The van der Waals surface area contributed by atoms with E-state index in [0.717, 1.165) is 30.6 Å². The molecule has 0 spiro atoms. The monoisotopic (exact) mass is 479 g/mol. The van der Waals surface area contributed by atoms with Crippen molar-refractivity contribution in [3.63, 3.8) is 0 Å². The summed E-state index contributed by atoms with van der Waals surface area (Å²) in [5.74, 6) is 1.56. The molecule has 1 heterocycles. The van der Waals surface area contributed by atoms with Crippen LogP contribution in [-0.4, -0.2) is 26.7 Å². The average molecular weight is 480 g/mol. The van der Waals surface area contributed by atoms with E-state index in [1.165, 1.54) is 22.5 Å². The van der Waals surface area contributed by atoms with Gasteiger partial charge in [0.05, 0.1) is 18.1 Å². The molecule has 3 aliphatic carbocycles. The first-order chi connectivity index (χ1) is 16.2. The van der Waals surface area contributed by atoms with E-state index < -0.39 is 5.60 Å². The van der Waals surface area contributed by atoms with Crippen LogP contribution in [0.25, 0.3) is 0 Å². The van der Waals surface area contributed by atoms with E-state index in [4.69, 9.17) is 0 Å².